The van der Waals surface area contributed by atoms with Gasteiger partial charge >= 0.3 is 18.1 Å². The zero-order valence-electron chi connectivity index (χ0n) is 21.5. The number of benzene rings is 1. The Morgan fingerprint density at radius 1 is 1.22 bits per heavy atom. The number of sulfonamides is 1. The van der Waals surface area contributed by atoms with E-state index in [-0.39, 0.29) is 32.5 Å². The van der Waals surface area contributed by atoms with Gasteiger partial charge in [0, 0.05) is 12.1 Å². The highest BCUT2D eigenvalue weighted by Gasteiger charge is 2.43. The number of carboxylic acids is 2. The van der Waals surface area contributed by atoms with Gasteiger partial charge in [-0.1, -0.05) is 29.4 Å². The van der Waals surface area contributed by atoms with Gasteiger partial charge in [-0.05, 0) is 25.8 Å². The van der Waals surface area contributed by atoms with Crippen molar-refractivity contribution in [1.29, 1.82) is 5.41 Å². The fourth-order valence-corrected chi connectivity index (χ4v) is 5.62. The molecule has 3 rings (SSSR count). The fraction of sp³-hybridized carbons (Fsp3) is 0.409. The number of carbonyl (C=O) groups excluding carboxylic acids is 1. The minimum Gasteiger partial charge on any atom is -0.480 e. The molecule has 1 amide bonds. The SMILES string of the molecule is Cc1noc(C)c1S(=O)(=O)N(C(=O)C[C@H]1CC(c2ccc(C(=N)N)cc2)NO1)[C@@H](CN)C(=O)O.O=C(O)C(F)(F)F. The summed E-state index contributed by atoms with van der Waals surface area (Å²) in [6, 6.07) is 4.73. The highest BCUT2D eigenvalue weighted by Crippen LogP contribution is 2.30. The quantitative estimate of drug-likeness (QED) is 0.168. The number of nitrogens with two attached hydrogens (primary N) is 2. The summed E-state index contributed by atoms with van der Waals surface area (Å²) in [5.41, 5.74) is 15.1. The van der Waals surface area contributed by atoms with E-state index in [2.05, 4.69) is 10.6 Å². The van der Waals surface area contributed by atoms with Crippen molar-refractivity contribution in [3.63, 3.8) is 0 Å². The second-order valence-corrected chi connectivity index (χ2v) is 10.4. The number of rotatable bonds is 9. The van der Waals surface area contributed by atoms with E-state index < -0.39 is 59.2 Å². The summed E-state index contributed by atoms with van der Waals surface area (Å²) < 4.78 is 63.6. The fourth-order valence-electron chi connectivity index (χ4n) is 3.76. The monoisotopic (exact) mass is 608 g/mol. The van der Waals surface area contributed by atoms with Gasteiger partial charge in [0.1, 0.15) is 11.5 Å². The van der Waals surface area contributed by atoms with Gasteiger partial charge in [0.25, 0.3) is 10.0 Å². The predicted octanol–water partition coefficient (Wildman–Crippen LogP) is 0.563. The number of carbonyl (C=O) groups is 3. The van der Waals surface area contributed by atoms with Gasteiger partial charge in [-0.2, -0.15) is 18.7 Å². The van der Waals surface area contributed by atoms with E-state index in [4.69, 9.17) is 36.1 Å². The highest BCUT2D eigenvalue weighted by atomic mass is 32.2. The van der Waals surface area contributed by atoms with E-state index >= 15 is 0 Å². The third-order valence-corrected chi connectivity index (χ3v) is 7.74. The normalized spacial score (nSPS) is 17.7. The largest absolute Gasteiger partial charge is 0.490 e. The Morgan fingerprint density at radius 2 is 1.78 bits per heavy atom. The number of nitrogens with zero attached hydrogens (tertiary/aromatic N) is 2. The molecule has 2 aromatic rings. The molecule has 0 bridgehead atoms. The maximum atomic E-state index is 13.3. The minimum absolute atomic E-state index is 0.00989. The topological polar surface area (TPSA) is 252 Å². The van der Waals surface area contributed by atoms with Gasteiger partial charge in [-0.15, -0.1) is 0 Å². The lowest BCUT2D eigenvalue weighted by molar-refractivity contribution is -0.192. The van der Waals surface area contributed by atoms with Gasteiger partial charge in [0.15, 0.2) is 16.7 Å². The number of hydrogen-bond donors (Lipinski definition) is 6. The molecule has 0 spiro atoms. The van der Waals surface area contributed by atoms with Crippen molar-refractivity contribution < 1.29 is 55.5 Å². The molecule has 8 N–H and O–H groups in total. The molecule has 0 radical (unpaired) electrons. The number of alkyl halides is 3. The number of aryl methyl sites for hydroxylation is 2. The molecule has 1 aliphatic heterocycles. The van der Waals surface area contributed by atoms with Crippen LogP contribution in [-0.2, 0) is 29.2 Å². The van der Waals surface area contributed by atoms with E-state index in [1.165, 1.54) is 13.8 Å². The van der Waals surface area contributed by atoms with Crippen LogP contribution in [0, 0.1) is 19.3 Å². The van der Waals surface area contributed by atoms with Crippen LogP contribution in [0.3, 0.4) is 0 Å². The first-order valence-corrected chi connectivity index (χ1v) is 12.9. The molecule has 3 atom stereocenters. The van der Waals surface area contributed by atoms with Crippen LogP contribution in [0.25, 0.3) is 0 Å². The first-order chi connectivity index (χ1) is 18.9. The molecule has 1 aliphatic rings. The van der Waals surface area contributed by atoms with Crippen molar-refractivity contribution in [1.82, 2.24) is 14.9 Å². The van der Waals surface area contributed by atoms with Crippen molar-refractivity contribution in [2.45, 2.75) is 55.9 Å². The molecule has 1 fully saturated rings. The number of nitrogens with one attached hydrogen (secondary N) is 2. The van der Waals surface area contributed by atoms with Gasteiger partial charge in [-0.3, -0.25) is 15.0 Å². The molecule has 226 valence electrons. The third-order valence-electron chi connectivity index (χ3n) is 5.67. The lowest BCUT2D eigenvalue weighted by atomic mass is 9.99. The van der Waals surface area contributed by atoms with Crippen LogP contribution < -0.4 is 16.9 Å². The first-order valence-electron chi connectivity index (χ1n) is 11.5. The number of aromatic nitrogens is 1. The number of nitrogen functional groups attached to an aromatic ring is 1. The summed E-state index contributed by atoms with van der Waals surface area (Å²) in [5.74, 6) is -5.47. The second-order valence-electron chi connectivity index (χ2n) is 8.63. The molecular weight excluding hydrogens is 581 g/mol. The molecule has 19 heteroatoms. The Bertz CT molecular complexity index is 1380. The molecule has 1 saturated heterocycles. The minimum atomic E-state index is -5.08. The van der Waals surface area contributed by atoms with Gasteiger partial charge in [0.05, 0.1) is 18.6 Å². The average molecular weight is 609 g/mol. The Kier molecular flexibility index (Phi) is 10.6. The maximum absolute atomic E-state index is 13.3. The number of carboxylic acid groups (broad SMARTS) is 2. The Balaban J connectivity index is 0.000000745. The number of halogens is 3. The highest BCUT2D eigenvalue weighted by molar-refractivity contribution is 7.89. The molecule has 1 unspecified atom stereocenters. The Morgan fingerprint density at radius 3 is 2.20 bits per heavy atom. The molecule has 15 nitrogen and oxygen atoms in total. The maximum Gasteiger partial charge on any atom is 0.490 e. The Labute approximate surface area is 230 Å². The molecule has 0 aliphatic carbocycles. The van der Waals surface area contributed by atoms with E-state index in [0.29, 0.717) is 12.0 Å². The molecule has 1 aromatic heterocycles. The lowest BCUT2D eigenvalue weighted by Gasteiger charge is -2.28. The van der Waals surface area contributed by atoms with Crippen LogP contribution in [-0.4, -0.2) is 76.6 Å². The molecule has 0 saturated carbocycles. The third kappa shape index (κ3) is 7.99. The van der Waals surface area contributed by atoms with Crippen molar-refractivity contribution in [2.24, 2.45) is 11.5 Å². The van der Waals surface area contributed by atoms with Crippen molar-refractivity contribution in [2.75, 3.05) is 6.54 Å². The van der Waals surface area contributed by atoms with Crippen molar-refractivity contribution in [3.05, 3.63) is 46.8 Å². The summed E-state index contributed by atoms with van der Waals surface area (Å²) >= 11 is 0. The van der Waals surface area contributed by atoms with Crippen LogP contribution >= 0.6 is 0 Å². The number of amides is 1. The summed E-state index contributed by atoms with van der Waals surface area (Å²) in [4.78, 5) is 38.9. The number of hydroxylamine groups is 1. The second kappa shape index (κ2) is 13.1. The predicted molar refractivity (Wildman–Crippen MR) is 132 cm³/mol. The zero-order chi connectivity index (χ0) is 31.3. The number of hydrogen-bond acceptors (Lipinski definition) is 11. The summed E-state index contributed by atoms with van der Waals surface area (Å²) in [5, 5.41) is 27.7. The van der Waals surface area contributed by atoms with E-state index in [9.17, 15) is 36.3 Å². The average Bonchev–Trinajstić information content (AvgIpc) is 3.47. The van der Waals surface area contributed by atoms with Crippen LogP contribution in [0.15, 0.2) is 33.7 Å². The molecule has 2 heterocycles. The lowest BCUT2D eigenvalue weighted by Crippen LogP contribution is -2.52. The zero-order valence-corrected chi connectivity index (χ0v) is 22.3. The summed E-state index contributed by atoms with van der Waals surface area (Å²) in [6.07, 6.45) is -5.92. The van der Waals surface area contributed by atoms with E-state index in [1.807, 2.05) is 0 Å². The van der Waals surface area contributed by atoms with Gasteiger partial charge < -0.3 is 26.2 Å². The summed E-state index contributed by atoms with van der Waals surface area (Å²) in [7, 11) is -4.64. The molecular formula is C22H27F3N6O9S. The van der Waals surface area contributed by atoms with Gasteiger partial charge in [0.2, 0.25) is 5.91 Å². The van der Waals surface area contributed by atoms with Crippen LogP contribution in [0.2, 0.25) is 0 Å². The van der Waals surface area contributed by atoms with E-state index in [1.54, 1.807) is 24.3 Å². The van der Waals surface area contributed by atoms with Crippen LogP contribution in [0.4, 0.5) is 13.2 Å². The smallest absolute Gasteiger partial charge is 0.480 e. The standard InChI is InChI=1S/C20H26N6O7S.C2HF3O2/c1-10-18(11(2)32-24-10)34(30,31)26(16(9-21)20(28)29)17(27)8-14-7-15(25-33-14)12-3-5-13(6-4-12)19(22)23;3-2(4,5)1(6)7/h3-6,14-16,25H,7-9,21H2,1-2H3,(H3,22,23)(H,28,29);(H,6,7)/t14-,15?,16+;/m1./s1. The molecule has 1 aromatic carbocycles. The Hall–Kier alpha value is -4.07. The first kappa shape index (κ1) is 33.1. The number of aliphatic carboxylic acids is 2. The van der Waals surface area contributed by atoms with E-state index in [0.717, 1.165) is 5.56 Å². The molecule has 41 heavy (non-hydrogen) atoms. The van der Waals surface area contributed by atoms with Crippen molar-refractivity contribution >= 4 is 33.7 Å². The number of amidine groups is 1. The van der Waals surface area contributed by atoms with Crippen LogP contribution in [0.5, 0.6) is 0 Å². The van der Waals surface area contributed by atoms with Gasteiger partial charge in [-0.25, -0.2) is 22.3 Å². The van der Waals surface area contributed by atoms with Crippen LogP contribution in [0.1, 0.15) is 41.5 Å². The van der Waals surface area contributed by atoms with Crippen molar-refractivity contribution in [3.8, 4) is 0 Å². The summed E-state index contributed by atoms with van der Waals surface area (Å²) in [6.45, 7) is 2.09.